The molecule has 80 valence electrons. The Hall–Kier alpha value is -2.43. The number of aromatic carboxylic acids is 1. The molecule has 1 heterocycles. The molecule has 0 spiro atoms. The second-order valence-electron chi connectivity index (χ2n) is 3.17. The van der Waals surface area contributed by atoms with Crippen LogP contribution in [-0.4, -0.2) is 27.1 Å². The SMILES string of the molecule is O=C(c1ccccc1)c1cc(C(=O)O)[nH]n1. The number of hydrogen-bond donors (Lipinski definition) is 2. The number of ketones is 1. The van der Waals surface area contributed by atoms with E-state index < -0.39 is 5.97 Å². The van der Waals surface area contributed by atoms with Crippen molar-refractivity contribution in [3.8, 4) is 0 Å². The zero-order valence-corrected chi connectivity index (χ0v) is 8.18. The highest BCUT2D eigenvalue weighted by Crippen LogP contribution is 2.08. The Morgan fingerprint density at radius 1 is 1.19 bits per heavy atom. The Kier molecular flexibility index (Phi) is 2.51. The first kappa shape index (κ1) is 10.1. The molecule has 0 saturated carbocycles. The molecule has 0 aliphatic carbocycles. The van der Waals surface area contributed by atoms with Gasteiger partial charge < -0.3 is 5.11 Å². The van der Waals surface area contributed by atoms with Gasteiger partial charge in [-0.2, -0.15) is 5.10 Å². The fourth-order valence-electron chi connectivity index (χ4n) is 1.29. The van der Waals surface area contributed by atoms with Crippen LogP contribution < -0.4 is 0 Å². The third kappa shape index (κ3) is 1.83. The number of nitrogens with one attached hydrogen (secondary N) is 1. The molecule has 16 heavy (non-hydrogen) atoms. The first-order chi connectivity index (χ1) is 7.68. The van der Waals surface area contributed by atoms with Gasteiger partial charge in [-0.15, -0.1) is 0 Å². The van der Waals surface area contributed by atoms with Gasteiger partial charge in [0.25, 0.3) is 0 Å². The van der Waals surface area contributed by atoms with E-state index in [0.717, 1.165) is 0 Å². The molecule has 1 aromatic carbocycles. The summed E-state index contributed by atoms with van der Waals surface area (Å²) in [5.41, 5.74) is 0.480. The predicted molar refractivity (Wildman–Crippen MR) is 55.4 cm³/mol. The predicted octanol–water partition coefficient (Wildman–Crippen LogP) is 1.34. The van der Waals surface area contributed by atoms with Crippen LogP contribution in [0.25, 0.3) is 0 Å². The second kappa shape index (κ2) is 3.98. The molecule has 0 amide bonds. The van der Waals surface area contributed by atoms with Crippen LogP contribution in [0.2, 0.25) is 0 Å². The Balaban J connectivity index is 2.31. The van der Waals surface area contributed by atoms with Crippen molar-refractivity contribution in [2.75, 3.05) is 0 Å². The summed E-state index contributed by atoms with van der Waals surface area (Å²) in [5.74, 6) is -1.44. The van der Waals surface area contributed by atoms with Gasteiger partial charge in [0.1, 0.15) is 11.4 Å². The lowest BCUT2D eigenvalue weighted by atomic mass is 10.1. The number of carbonyl (C=O) groups excluding carboxylic acids is 1. The molecule has 0 aliphatic rings. The summed E-state index contributed by atoms with van der Waals surface area (Å²) in [6.45, 7) is 0. The van der Waals surface area contributed by atoms with Gasteiger partial charge in [0.05, 0.1) is 0 Å². The molecule has 2 rings (SSSR count). The van der Waals surface area contributed by atoms with Crippen LogP contribution in [0.4, 0.5) is 0 Å². The number of hydrogen-bond acceptors (Lipinski definition) is 3. The molecule has 1 aromatic heterocycles. The summed E-state index contributed by atoms with van der Waals surface area (Å²) in [6, 6.07) is 9.78. The Labute approximate surface area is 90.7 Å². The third-order valence-corrected chi connectivity index (χ3v) is 2.08. The lowest BCUT2D eigenvalue weighted by Crippen LogP contribution is -2.01. The van der Waals surface area contributed by atoms with Gasteiger partial charge in [-0.25, -0.2) is 4.79 Å². The number of H-pyrrole nitrogens is 1. The van der Waals surface area contributed by atoms with E-state index in [1.807, 2.05) is 0 Å². The maximum atomic E-state index is 11.8. The van der Waals surface area contributed by atoms with Crippen LogP contribution in [0.3, 0.4) is 0 Å². The van der Waals surface area contributed by atoms with E-state index >= 15 is 0 Å². The van der Waals surface area contributed by atoms with E-state index in [1.54, 1.807) is 30.3 Å². The third-order valence-electron chi connectivity index (χ3n) is 2.08. The largest absolute Gasteiger partial charge is 0.477 e. The van der Waals surface area contributed by atoms with Gasteiger partial charge in [0.15, 0.2) is 0 Å². The highest BCUT2D eigenvalue weighted by molar-refractivity contribution is 6.08. The van der Waals surface area contributed by atoms with Crippen LogP contribution >= 0.6 is 0 Å². The lowest BCUT2D eigenvalue weighted by molar-refractivity contribution is 0.0690. The van der Waals surface area contributed by atoms with Crippen molar-refractivity contribution in [3.63, 3.8) is 0 Å². The summed E-state index contributed by atoms with van der Waals surface area (Å²) >= 11 is 0. The van der Waals surface area contributed by atoms with Crippen LogP contribution in [0.1, 0.15) is 26.5 Å². The highest BCUT2D eigenvalue weighted by Gasteiger charge is 2.14. The molecule has 0 radical (unpaired) electrons. The molecule has 0 unspecified atom stereocenters. The average Bonchev–Trinajstić information content (AvgIpc) is 2.78. The van der Waals surface area contributed by atoms with E-state index in [9.17, 15) is 9.59 Å². The highest BCUT2D eigenvalue weighted by atomic mass is 16.4. The maximum absolute atomic E-state index is 11.8. The van der Waals surface area contributed by atoms with Crippen LogP contribution in [0.5, 0.6) is 0 Å². The van der Waals surface area contributed by atoms with Gasteiger partial charge >= 0.3 is 5.97 Å². The smallest absolute Gasteiger partial charge is 0.353 e. The molecule has 0 fully saturated rings. The van der Waals surface area contributed by atoms with Gasteiger partial charge in [0.2, 0.25) is 5.78 Å². The summed E-state index contributed by atoms with van der Waals surface area (Å²) < 4.78 is 0. The Bertz CT molecular complexity index is 531. The van der Waals surface area contributed by atoms with Crippen molar-refractivity contribution in [3.05, 3.63) is 53.3 Å². The van der Waals surface area contributed by atoms with Crippen molar-refractivity contribution < 1.29 is 14.7 Å². The van der Waals surface area contributed by atoms with Gasteiger partial charge in [-0.05, 0) is 0 Å². The number of nitrogens with zero attached hydrogens (tertiary/aromatic N) is 1. The zero-order valence-electron chi connectivity index (χ0n) is 8.18. The van der Waals surface area contributed by atoms with Gasteiger partial charge in [0, 0.05) is 11.6 Å². The van der Waals surface area contributed by atoms with E-state index in [2.05, 4.69) is 10.2 Å². The van der Waals surface area contributed by atoms with Crippen molar-refractivity contribution in [1.29, 1.82) is 0 Å². The topological polar surface area (TPSA) is 83.0 Å². The monoisotopic (exact) mass is 216 g/mol. The zero-order chi connectivity index (χ0) is 11.5. The van der Waals surface area contributed by atoms with Gasteiger partial charge in [-0.3, -0.25) is 9.89 Å². The van der Waals surface area contributed by atoms with Crippen molar-refractivity contribution in [2.24, 2.45) is 0 Å². The molecule has 0 bridgehead atoms. The summed E-state index contributed by atoms with van der Waals surface area (Å²) in [7, 11) is 0. The minimum Gasteiger partial charge on any atom is -0.477 e. The molecular weight excluding hydrogens is 208 g/mol. The normalized spacial score (nSPS) is 10.0. The fraction of sp³-hybridized carbons (Fsp3) is 0. The van der Waals surface area contributed by atoms with Crippen molar-refractivity contribution in [1.82, 2.24) is 10.2 Å². The number of aromatic amines is 1. The first-order valence-corrected chi connectivity index (χ1v) is 4.57. The Morgan fingerprint density at radius 3 is 2.44 bits per heavy atom. The standard InChI is InChI=1S/C11H8N2O3/c14-10(7-4-2-1-3-5-7)8-6-9(11(15)16)13-12-8/h1-6H,(H,12,13)(H,15,16). The summed E-state index contributed by atoms with van der Waals surface area (Å²) in [4.78, 5) is 22.4. The van der Waals surface area contributed by atoms with E-state index in [0.29, 0.717) is 5.56 Å². The maximum Gasteiger partial charge on any atom is 0.353 e. The molecule has 5 heteroatoms. The summed E-state index contributed by atoms with van der Waals surface area (Å²) in [5, 5.41) is 14.6. The van der Waals surface area contributed by atoms with Crippen LogP contribution in [0, 0.1) is 0 Å². The number of carbonyl (C=O) groups is 2. The van der Waals surface area contributed by atoms with Crippen LogP contribution in [0.15, 0.2) is 36.4 Å². The number of carboxylic acids is 1. The minimum atomic E-state index is -1.14. The molecule has 2 aromatic rings. The summed E-state index contributed by atoms with van der Waals surface area (Å²) in [6.07, 6.45) is 0. The quantitative estimate of drug-likeness (QED) is 0.758. The number of benzene rings is 1. The average molecular weight is 216 g/mol. The van der Waals surface area contributed by atoms with Crippen molar-refractivity contribution >= 4 is 11.8 Å². The van der Waals surface area contributed by atoms with Gasteiger partial charge in [-0.1, -0.05) is 30.3 Å². The number of rotatable bonds is 3. The minimum absolute atomic E-state index is 0.0979. The number of carboxylic acid groups (broad SMARTS) is 1. The molecular formula is C11H8N2O3. The Morgan fingerprint density at radius 2 is 1.88 bits per heavy atom. The molecule has 2 N–H and O–H groups in total. The van der Waals surface area contributed by atoms with Crippen LogP contribution in [-0.2, 0) is 0 Å². The number of aromatic nitrogens is 2. The van der Waals surface area contributed by atoms with Crippen molar-refractivity contribution in [2.45, 2.75) is 0 Å². The molecule has 0 atom stereocenters. The van der Waals surface area contributed by atoms with E-state index in [1.165, 1.54) is 6.07 Å². The van der Waals surface area contributed by atoms with E-state index in [-0.39, 0.29) is 17.2 Å². The lowest BCUT2D eigenvalue weighted by Gasteiger charge is -1.94. The first-order valence-electron chi connectivity index (χ1n) is 4.57. The second-order valence-corrected chi connectivity index (χ2v) is 3.17. The molecule has 5 nitrogen and oxygen atoms in total. The fourth-order valence-corrected chi connectivity index (χ4v) is 1.29. The molecule has 0 aliphatic heterocycles. The van der Waals surface area contributed by atoms with E-state index in [4.69, 9.17) is 5.11 Å². The molecule has 0 saturated heterocycles.